The Morgan fingerprint density at radius 1 is 1.58 bits per heavy atom. The minimum Gasteiger partial charge on any atom is -0.302 e. The number of sulfone groups is 1. The molecule has 1 saturated heterocycles. The van der Waals surface area contributed by atoms with Crippen LogP contribution in [0.2, 0.25) is 0 Å². The molecule has 1 aromatic heterocycles. The van der Waals surface area contributed by atoms with Crippen molar-refractivity contribution >= 4 is 21.6 Å². The Morgan fingerprint density at radius 2 is 2.37 bits per heavy atom. The van der Waals surface area contributed by atoms with E-state index < -0.39 is 9.84 Å². The zero-order valence-electron chi connectivity index (χ0n) is 10.3. The molecule has 0 N–H and O–H groups in total. The van der Waals surface area contributed by atoms with Crippen LogP contribution in [0.25, 0.3) is 0 Å². The Morgan fingerprint density at radius 3 is 2.95 bits per heavy atom. The number of hydrogen-bond acceptors (Lipinski definition) is 6. The van der Waals surface area contributed by atoms with Crippen molar-refractivity contribution in [3.8, 4) is 6.07 Å². The van der Waals surface area contributed by atoms with Crippen molar-refractivity contribution in [3.63, 3.8) is 0 Å². The largest absolute Gasteiger partial charge is 0.302 e. The van der Waals surface area contributed by atoms with Crippen LogP contribution in [0.15, 0.2) is 17.8 Å². The first-order valence-electron chi connectivity index (χ1n) is 5.81. The maximum Gasteiger partial charge on any atom is 0.192 e. The van der Waals surface area contributed by atoms with Gasteiger partial charge in [-0.1, -0.05) is 17.8 Å². The van der Waals surface area contributed by atoms with Gasteiger partial charge in [0.1, 0.15) is 5.82 Å². The van der Waals surface area contributed by atoms with Gasteiger partial charge in [0.15, 0.2) is 15.0 Å². The van der Waals surface area contributed by atoms with Gasteiger partial charge in [-0.25, -0.2) is 8.42 Å². The average Bonchev–Trinajstić information content (AvgIpc) is 2.91. The van der Waals surface area contributed by atoms with Crippen LogP contribution in [0.3, 0.4) is 0 Å². The monoisotopic (exact) mass is 298 g/mol. The van der Waals surface area contributed by atoms with E-state index in [1.165, 1.54) is 11.8 Å². The van der Waals surface area contributed by atoms with Crippen LogP contribution < -0.4 is 0 Å². The molecular formula is C11H14N4O2S2. The third-order valence-corrected chi connectivity index (χ3v) is 5.52. The lowest BCUT2D eigenvalue weighted by Gasteiger charge is -2.10. The lowest BCUT2D eigenvalue weighted by atomic mass is 10.1. The van der Waals surface area contributed by atoms with Crippen molar-refractivity contribution in [1.29, 1.82) is 5.26 Å². The normalized spacial score (nSPS) is 21.1. The topological polar surface area (TPSA) is 88.6 Å². The molecule has 0 aromatic carbocycles. The van der Waals surface area contributed by atoms with Crippen molar-refractivity contribution in [2.24, 2.45) is 0 Å². The van der Waals surface area contributed by atoms with E-state index in [4.69, 9.17) is 5.26 Å². The van der Waals surface area contributed by atoms with Crippen LogP contribution in [0.5, 0.6) is 0 Å². The van der Waals surface area contributed by atoms with Gasteiger partial charge in [0.2, 0.25) is 0 Å². The summed E-state index contributed by atoms with van der Waals surface area (Å²) in [6, 6.07) is 2.04. The molecule has 0 aliphatic carbocycles. The van der Waals surface area contributed by atoms with Crippen LogP contribution in [-0.4, -0.2) is 40.4 Å². The molecule has 0 saturated carbocycles. The Labute approximate surface area is 116 Å². The number of aromatic nitrogens is 3. The molecule has 0 radical (unpaired) electrons. The second kappa shape index (κ2) is 5.75. The number of rotatable bonds is 5. The molecular weight excluding hydrogens is 284 g/mol. The molecule has 1 aliphatic rings. The smallest absolute Gasteiger partial charge is 0.192 e. The Kier molecular flexibility index (Phi) is 4.27. The molecule has 19 heavy (non-hydrogen) atoms. The first-order chi connectivity index (χ1) is 9.07. The third kappa shape index (κ3) is 3.16. The van der Waals surface area contributed by atoms with E-state index in [0.29, 0.717) is 23.9 Å². The number of thioether (sulfide) groups is 1. The molecule has 0 spiro atoms. The lowest BCUT2D eigenvalue weighted by Crippen LogP contribution is -2.11. The summed E-state index contributed by atoms with van der Waals surface area (Å²) in [6.45, 7) is 4.20. The zero-order chi connectivity index (χ0) is 13.9. The summed E-state index contributed by atoms with van der Waals surface area (Å²) in [4.78, 5) is 0. The van der Waals surface area contributed by atoms with Crippen LogP contribution in [0.1, 0.15) is 18.2 Å². The van der Waals surface area contributed by atoms with E-state index in [0.717, 1.165) is 0 Å². The van der Waals surface area contributed by atoms with Crippen LogP contribution in [0.4, 0.5) is 0 Å². The second-order valence-electron chi connectivity index (χ2n) is 4.29. The van der Waals surface area contributed by atoms with E-state index in [9.17, 15) is 8.42 Å². The molecule has 8 heteroatoms. The first-order valence-corrected chi connectivity index (χ1v) is 8.62. The maximum atomic E-state index is 11.5. The predicted molar refractivity (Wildman–Crippen MR) is 72.6 cm³/mol. The molecule has 1 atom stereocenters. The van der Waals surface area contributed by atoms with Crippen molar-refractivity contribution < 1.29 is 8.42 Å². The van der Waals surface area contributed by atoms with Gasteiger partial charge in [0.25, 0.3) is 0 Å². The third-order valence-electron chi connectivity index (χ3n) is 2.92. The average molecular weight is 298 g/mol. The molecule has 0 bridgehead atoms. The summed E-state index contributed by atoms with van der Waals surface area (Å²) in [6.07, 6.45) is 2.30. The van der Waals surface area contributed by atoms with E-state index >= 15 is 0 Å². The van der Waals surface area contributed by atoms with Crippen molar-refractivity contribution in [2.45, 2.75) is 24.0 Å². The molecule has 2 rings (SSSR count). The van der Waals surface area contributed by atoms with Gasteiger partial charge in [0, 0.05) is 12.5 Å². The van der Waals surface area contributed by atoms with Gasteiger partial charge in [0.05, 0.1) is 23.3 Å². The quantitative estimate of drug-likeness (QED) is 0.595. The van der Waals surface area contributed by atoms with Gasteiger partial charge in [-0.2, -0.15) is 5.26 Å². The lowest BCUT2D eigenvalue weighted by molar-refractivity contribution is 0.597. The molecule has 102 valence electrons. The summed E-state index contributed by atoms with van der Waals surface area (Å²) < 4.78 is 24.9. The molecule has 1 fully saturated rings. The second-order valence-corrected chi connectivity index (χ2v) is 7.46. The minimum atomic E-state index is -2.95. The predicted octanol–water partition coefficient (Wildman–Crippen LogP) is 0.982. The molecule has 1 aliphatic heterocycles. The molecule has 0 amide bonds. The highest BCUT2D eigenvalue weighted by Crippen LogP contribution is 2.29. The van der Waals surface area contributed by atoms with Crippen molar-refractivity contribution in [3.05, 3.63) is 18.5 Å². The number of nitrogens with zero attached hydrogens (tertiary/aromatic N) is 4. The van der Waals surface area contributed by atoms with E-state index in [1.807, 2.05) is 10.6 Å². The number of hydrogen-bond donors (Lipinski definition) is 0. The molecule has 2 heterocycles. The highest BCUT2D eigenvalue weighted by Gasteiger charge is 2.33. The fourth-order valence-corrected chi connectivity index (χ4v) is 4.46. The van der Waals surface area contributed by atoms with Gasteiger partial charge in [-0.3, -0.25) is 0 Å². The van der Waals surface area contributed by atoms with Gasteiger partial charge in [-0.05, 0) is 6.42 Å². The Balaban J connectivity index is 2.28. The summed E-state index contributed by atoms with van der Waals surface area (Å²) in [5.41, 5.74) is 0. The molecule has 6 nitrogen and oxygen atoms in total. The fourth-order valence-electron chi connectivity index (χ4n) is 2.10. The maximum absolute atomic E-state index is 11.5. The van der Waals surface area contributed by atoms with Crippen LogP contribution >= 0.6 is 11.8 Å². The Hall–Kier alpha value is -1.33. The summed E-state index contributed by atoms with van der Waals surface area (Å²) >= 11 is 1.30. The minimum absolute atomic E-state index is 0.103. The van der Waals surface area contributed by atoms with E-state index in [2.05, 4.69) is 16.8 Å². The SMILES string of the molecule is C=CCn1c(SCC#N)nnc1[C@@H]1CCS(=O)(=O)C1. The summed E-state index contributed by atoms with van der Waals surface area (Å²) in [5.74, 6) is 1.21. The fraction of sp³-hybridized carbons (Fsp3) is 0.545. The van der Waals surface area contributed by atoms with E-state index in [1.54, 1.807) is 6.08 Å². The first kappa shape index (κ1) is 14.1. The number of allylic oxidation sites excluding steroid dienone is 1. The van der Waals surface area contributed by atoms with Crippen molar-refractivity contribution in [2.75, 3.05) is 17.3 Å². The molecule has 0 unspecified atom stereocenters. The van der Waals surface area contributed by atoms with Crippen LogP contribution in [0, 0.1) is 11.3 Å². The standard InChI is InChI=1S/C11H14N4O2S2/c1-2-5-15-10(9-3-7-19(16,17)8-9)13-14-11(15)18-6-4-12/h2,9H,1,3,5-8H2/t9-/m1/s1. The number of nitriles is 1. The summed E-state index contributed by atoms with van der Waals surface area (Å²) in [7, 11) is -2.95. The highest BCUT2D eigenvalue weighted by molar-refractivity contribution is 7.99. The van der Waals surface area contributed by atoms with Gasteiger partial charge < -0.3 is 4.57 Å². The van der Waals surface area contributed by atoms with Crippen molar-refractivity contribution in [1.82, 2.24) is 14.8 Å². The zero-order valence-corrected chi connectivity index (χ0v) is 12.0. The van der Waals surface area contributed by atoms with Crippen LogP contribution in [-0.2, 0) is 16.4 Å². The summed E-state index contributed by atoms with van der Waals surface area (Å²) in [5, 5.41) is 17.4. The highest BCUT2D eigenvalue weighted by atomic mass is 32.2. The van der Waals surface area contributed by atoms with E-state index in [-0.39, 0.29) is 23.2 Å². The Bertz CT molecular complexity index is 615. The van der Waals surface area contributed by atoms with Gasteiger partial charge in [-0.15, -0.1) is 16.8 Å². The van der Waals surface area contributed by atoms with Gasteiger partial charge >= 0.3 is 0 Å². The molecule has 1 aromatic rings.